The second kappa shape index (κ2) is 4.66. The van der Waals surface area contributed by atoms with Crippen LogP contribution in [0.1, 0.15) is 21.6 Å². The van der Waals surface area contributed by atoms with Gasteiger partial charge in [0.25, 0.3) is 5.91 Å². The molecule has 0 aliphatic carbocycles. The highest BCUT2D eigenvalue weighted by atomic mass is 16.2. The summed E-state index contributed by atoms with van der Waals surface area (Å²) >= 11 is 0. The number of rotatable bonds is 0. The van der Waals surface area contributed by atoms with Crippen LogP contribution in [-0.4, -0.2) is 29.0 Å². The molecule has 0 fully saturated rings. The van der Waals surface area contributed by atoms with E-state index in [1.807, 2.05) is 54.2 Å². The van der Waals surface area contributed by atoms with Crippen LogP contribution in [0, 0.1) is 11.8 Å². The van der Waals surface area contributed by atoms with Gasteiger partial charge in [0.15, 0.2) is 0 Å². The van der Waals surface area contributed by atoms with Gasteiger partial charge in [-0.2, -0.15) is 0 Å². The maximum Gasteiger partial charge on any atom is 0.270 e. The molecule has 3 nitrogen and oxygen atoms in total. The first-order chi connectivity index (χ1) is 9.24. The van der Waals surface area contributed by atoms with Gasteiger partial charge in [-0.1, -0.05) is 30.0 Å². The maximum absolute atomic E-state index is 12.0. The molecule has 3 rings (SSSR count). The molecule has 0 N–H and O–H groups in total. The fourth-order valence-corrected chi connectivity index (χ4v) is 2.16. The molecule has 19 heavy (non-hydrogen) atoms. The molecular formula is C16H14N2O. The molecule has 2 heterocycles. The predicted molar refractivity (Wildman–Crippen MR) is 73.8 cm³/mol. The van der Waals surface area contributed by atoms with Crippen LogP contribution in [0.3, 0.4) is 0 Å². The Morgan fingerprint density at radius 3 is 2.58 bits per heavy atom. The molecule has 1 aliphatic heterocycles. The molecule has 0 saturated carbocycles. The minimum atomic E-state index is 0.0685. The van der Waals surface area contributed by atoms with Crippen molar-refractivity contribution < 1.29 is 4.79 Å². The first-order valence-corrected chi connectivity index (χ1v) is 6.27. The van der Waals surface area contributed by atoms with E-state index >= 15 is 0 Å². The Bertz CT molecular complexity index is 674. The minimum absolute atomic E-state index is 0.0685. The molecule has 0 atom stereocenters. The standard InChI is InChI=1S/C16H14N2O/c1-17-9-10-18-12-14(11-15(18)16(17)19)8-7-13-5-3-2-4-6-13/h2-6,11-12H,9-10H2,1H3. The molecule has 1 aliphatic rings. The molecule has 1 aromatic heterocycles. The number of amides is 1. The first-order valence-electron chi connectivity index (χ1n) is 6.27. The number of fused-ring (bicyclic) bond motifs is 1. The van der Waals surface area contributed by atoms with E-state index in [0.29, 0.717) is 0 Å². The molecule has 0 saturated heterocycles. The number of aromatic nitrogens is 1. The Labute approximate surface area is 112 Å². The average Bonchev–Trinajstić information content (AvgIpc) is 2.86. The van der Waals surface area contributed by atoms with Gasteiger partial charge in [-0.05, 0) is 18.2 Å². The molecule has 0 spiro atoms. The smallest absolute Gasteiger partial charge is 0.270 e. The Morgan fingerprint density at radius 1 is 1.05 bits per heavy atom. The van der Waals surface area contributed by atoms with Gasteiger partial charge in [-0.15, -0.1) is 0 Å². The van der Waals surface area contributed by atoms with Crippen LogP contribution < -0.4 is 0 Å². The number of nitrogens with zero attached hydrogens (tertiary/aromatic N) is 2. The van der Waals surface area contributed by atoms with Gasteiger partial charge in [0, 0.05) is 37.5 Å². The van der Waals surface area contributed by atoms with Crippen LogP contribution in [-0.2, 0) is 6.54 Å². The van der Waals surface area contributed by atoms with Crippen LogP contribution >= 0.6 is 0 Å². The number of carbonyl (C=O) groups excluding carboxylic acids is 1. The fourth-order valence-electron chi connectivity index (χ4n) is 2.16. The fraction of sp³-hybridized carbons (Fsp3) is 0.188. The summed E-state index contributed by atoms with van der Waals surface area (Å²) in [6.45, 7) is 1.59. The summed E-state index contributed by atoms with van der Waals surface area (Å²) in [5, 5.41) is 0. The van der Waals surface area contributed by atoms with Crippen molar-refractivity contribution in [1.29, 1.82) is 0 Å². The second-order valence-electron chi connectivity index (χ2n) is 4.65. The van der Waals surface area contributed by atoms with Crippen LogP contribution in [0.4, 0.5) is 0 Å². The van der Waals surface area contributed by atoms with Gasteiger partial charge in [-0.3, -0.25) is 4.79 Å². The molecule has 0 unspecified atom stereocenters. The molecule has 94 valence electrons. The van der Waals surface area contributed by atoms with Crippen LogP contribution in [0.5, 0.6) is 0 Å². The van der Waals surface area contributed by atoms with Crippen LogP contribution in [0.2, 0.25) is 0 Å². The third-order valence-electron chi connectivity index (χ3n) is 3.26. The number of benzene rings is 1. The zero-order valence-electron chi connectivity index (χ0n) is 10.8. The van der Waals surface area contributed by atoms with E-state index in [0.717, 1.165) is 29.9 Å². The molecular weight excluding hydrogens is 236 g/mol. The van der Waals surface area contributed by atoms with Crippen molar-refractivity contribution in [2.24, 2.45) is 0 Å². The SMILES string of the molecule is CN1CCn2cc(C#Cc3ccccc3)cc2C1=O. The van der Waals surface area contributed by atoms with E-state index in [1.165, 1.54) is 0 Å². The molecule has 1 amide bonds. The van der Waals surface area contributed by atoms with Gasteiger partial charge >= 0.3 is 0 Å². The zero-order chi connectivity index (χ0) is 13.2. The quantitative estimate of drug-likeness (QED) is 0.656. The van der Waals surface area contributed by atoms with Crippen molar-refractivity contribution in [2.45, 2.75) is 6.54 Å². The third-order valence-corrected chi connectivity index (χ3v) is 3.26. The second-order valence-corrected chi connectivity index (χ2v) is 4.65. The summed E-state index contributed by atoms with van der Waals surface area (Å²) < 4.78 is 1.98. The highest BCUT2D eigenvalue weighted by molar-refractivity contribution is 5.93. The van der Waals surface area contributed by atoms with Crippen molar-refractivity contribution in [3.63, 3.8) is 0 Å². The number of carbonyl (C=O) groups is 1. The van der Waals surface area contributed by atoms with E-state index in [1.54, 1.807) is 4.90 Å². The highest BCUT2D eigenvalue weighted by Crippen LogP contribution is 2.14. The molecule has 1 aromatic carbocycles. The van der Waals surface area contributed by atoms with Gasteiger partial charge < -0.3 is 9.47 Å². The lowest BCUT2D eigenvalue weighted by Gasteiger charge is -2.23. The molecule has 0 bridgehead atoms. The highest BCUT2D eigenvalue weighted by Gasteiger charge is 2.21. The van der Waals surface area contributed by atoms with Crippen molar-refractivity contribution in [1.82, 2.24) is 9.47 Å². The maximum atomic E-state index is 12.0. The topological polar surface area (TPSA) is 25.2 Å². The largest absolute Gasteiger partial charge is 0.340 e. The lowest BCUT2D eigenvalue weighted by molar-refractivity contribution is 0.0749. The van der Waals surface area contributed by atoms with Gasteiger partial charge in [0.05, 0.1) is 0 Å². The van der Waals surface area contributed by atoms with Crippen LogP contribution in [0.15, 0.2) is 42.6 Å². The molecule has 2 aromatic rings. The third kappa shape index (κ3) is 2.25. The lowest BCUT2D eigenvalue weighted by Crippen LogP contribution is -2.36. The molecule has 3 heteroatoms. The van der Waals surface area contributed by atoms with E-state index in [9.17, 15) is 4.79 Å². The lowest BCUT2D eigenvalue weighted by atomic mass is 10.2. The van der Waals surface area contributed by atoms with E-state index in [4.69, 9.17) is 0 Å². The Kier molecular flexibility index (Phi) is 2.85. The summed E-state index contributed by atoms with van der Waals surface area (Å²) in [6, 6.07) is 11.7. The van der Waals surface area contributed by atoms with E-state index < -0.39 is 0 Å². The predicted octanol–water partition coefficient (Wildman–Crippen LogP) is 1.97. The number of likely N-dealkylation sites (N-methyl/N-ethyl adjacent to an activating group) is 1. The summed E-state index contributed by atoms with van der Waals surface area (Å²) in [4.78, 5) is 13.7. The van der Waals surface area contributed by atoms with Crippen molar-refractivity contribution in [3.8, 4) is 11.8 Å². The number of hydrogen-bond acceptors (Lipinski definition) is 1. The monoisotopic (exact) mass is 250 g/mol. The minimum Gasteiger partial charge on any atom is -0.340 e. The van der Waals surface area contributed by atoms with E-state index in [-0.39, 0.29) is 5.91 Å². The summed E-state index contributed by atoms with van der Waals surface area (Å²) in [5.41, 5.74) is 2.60. The number of hydrogen-bond donors (Lipinski definition) is 0. The Hall–Kier alpha value is -2.47. The Balaban J connectivity index is 1.91. The van der Waals surface area contributed by atoms with Crippen LogP contribution in [0.25, 0.3) is 0 Å². The van der Waals surface area contributed by atoms with E-state index in [2.05, 4.69) is 11.8 Å². The van der Waals surface area contributed by atoms with Crippen molar-refractivity contribution in [3.05, 3.63) is 59.4 Å². The molecule has 0 radical (unpaired) electrons. The van der Waals surface area contributed by atoms with Gasteiger partial charge in [0.2, 0.25) is 0 Å². The van der Waals surface area contributed by atoms with Crippen molar-refractivity contribution >= 4 is 5.91 Å². The van der Waals surface area contributed by atoms with Gasteiger partial charge in [0.1, 0.15) is 5.69 Å². The zero-order valence-corrected chi connectivity index (χ0v) is 10.8. The van der Waals surface area contributed by atoms with Crippen molar-refractivity contribution in [2.75, 3.05) is 13.6 Å². The normalized spacial score (nSPS) is 13.7. The Morgan fingerprint density at radius 2 is 1.79 bits per heavy atom. The summed E-state index contributed by atoms with van der Waals surface area (Å²) in [5.74, 6) is 6.29. The summed E-state index contributed by atoms with van der Waals surface area (Å²) in [6.07, 6.45) is 1.95. The van der Waals surface area contributed by atoms with Gasteiger partial charge in [-0.25, -0.2) is 0 Å². The first kappa shape index (κ1) is 11.6. The average molecular weight is 250 g/mol. The summed E-state index contributed by atoms with van der Waals surface area (Å²) in [7, 11) is 1.83.